The van der Waals surface area contributed by atoms with Crippen molar-refractivity contribution in [3.63, 3.8) is 0 Å². The molecule has 0 saturated heterocycles. The average Bonchev–Trinajstić information content (AvgIpc) is 2.69. The number of ether oxygens (including phenoxy) is 1. The van der Waals surface area contributed by atoms with Crippen LogP contribution in [0.3, 0.4) is 0 Å². The number of nitrogens with two attached hydrogens (primary N) is 1. The molecule has 2 atom stereocenters. The van der Waals surface area contributed by atoms with Crippen molar-refractivity contribution in [1.82, 2.24) is 16.2 Å². The van der Waals surface area contributed by atoms with E-state index in [-0.39, 0.29) is 6.42 Å². The average molecular weight is 398 g/mol. The van der Waals surface area contributed by atoms with Crippen LogP contribution >= 0.6 is 0 Å². The smallest absolute Gasteiger partial charge is 0.312 e. The van der Waals surface area contributed by atoms with Crippen LogP contribution in [0.1, 0.15) is 36.1 Å². The van der Waals surface area contributed by atoms with Crippen LogP contribution in [0, 0.1) is 13.8 Å². The zero-order chi connectivity index (χ0) is 21.4. The SMILES string of the molecule is Cc1cccc(OC(C)C(=O)NNC(=O)CC(NC(N)=O)c2ccccc2)c1C. The van der Waals surface area contributed by atoms with Crippen LogP contribution in [0.5, 0.6) is 5.75 Å². The number of benzene rings is 2. The molecule has 0 bridgehead atoms. The second-order valence-corrected chi connectivity index (χ2v) is 6.67. The largest absolute Gasteiger partial charge is 0.481 e. The van der Waals surface area contributed by atoms with Crippen molar-refractivity contribution < 1.29 is 19.1 Å². The van der Waals surface area contributed by atoms with Gasteiger partial charge >= 0.3 is 6.03 Å². The molecule has 29 heavy (non-hydrogen) atoms. The Kier molecular flexibility index (Phi) is 7.59. The van der Waals surface area contributed by atoms with E-state index in [0.29, 0.717) is 5.75 Å². The third-order valence-electron chi connectivity index (χ3n) is 4.46. The van der Waals surface area contributed by atoms with Gasteiger partial charge in [-0.05, 0) is 43.5 Å². The minimum absolute atomic E-state index is 0.0978. The Balaban J connectivity index is 1.90. The first-order valence-corrected chi connectivity index (χ1v) is 9.20. The van der Waals surface area contributed by atoms with Crippen molar-refractivity contribution in [2.75, 3.05) is 0 Å². The molecule has 2 aromatic rings. The topological polar surface area (TPSA) is 123 Å². The first-order chi connectivity index (χ1) is 13.8. The Bertz CT molecular complexity index is 870. The Morgan fingerprint density at radius 3 is 2.34 bits per heavy atom. The van der Waals surface area contributed by atoms with Crippen LogP contribution in [-0.4, -0.2) is 23.9 Å². The van der Waals surface area contributed by atoms with Gasteiger partial charge in [0.25, 0.3) is 5.91 Å². The van der Waals surface area contributed by atoms with Crippen LogP contribution < -0.4 is 26.6 Å². The highest BCUT2D eigenvalue weighted by Crippen LogP contribution is 2.21. The van der Waals surface area contributed by atoms with Crippen molar-refractivity contribution in [2.24, 2.45) is 5.73 Å². The third-order valence-corrected chi connectivity index (χ3v) is 4.46. The molecule has 8 nitrogen and oxygen atoms in total. The summed E-state index contributed by atoms with van der Waals surface area (Å²) in [5.74, 6) is -0.382. The maximum atomic E-state index is 12.2. The van der Waals surface area contributed by atoms with E-state index in [4.69, 9.17) is 10.5 Å². The fraction of sp³-hybridized carbons (Fsp3) is 0.286. The summed E-state index contributed by atoms with van der Waals surface area (Å²) in [4.78, 5) is 35.7. The first kappa shape index (κ1) is 21.7. The van der Waals surface area contributed by atoms with Crippen LogP contribution in [0.4, 0.5) is 4.79 Å². The molecule has 0 aromatic heterocycles. The second-order valence-electron chi connectivity index (χ2n) is 6.67. The molecule has 154 valence electrons. The molecule has 5 N–H and O–H groups in total. The summed E-state index contributed by atoms with van der Waals surface area (Å²) in [5, 5.41) is 2.52. The van der Waals surface area contributed by atoms with Gasteiger partial charge in [-0.15, -0.1) is 0 Å². The molecule has 0 heterocycles. The molecular weight excluding hydrogens is 372 g/mol. The Hall–Kier alpha value is -3.55. The van der Waals surface area contributed by atoms with Crippen molar-refractivity contribution >= 4 is 17.8 Å². The number of rotatable bonds is 7. The lowest BCUT2D eigenvalue weighted by Gasteiger charge is -2.19. The summed E-state index contributed by atoms with van der Waals surface area (Å²) in [7, 11) is 0. The van der Waals surface area contributed by atoms with E-state index < -0.39 is 30.0 Å². The van der Waals surface area contributed by atoms with Crippen molar-refractivity contribution in [3.8, 4) is 5.75 Å². The molecule has 4 amide bonds. The van der Waals surface area contributed by atoms with E-state index in [9.17, 15) is 14.4 Å². The monoisotopic (exact) mass is 398 g/mol. The molecule has 0 spiro atoms. The standard InChI is InChI=1S/C21H26N4O4/c1-13-8-7-11-18(14(13)2)29-15(3)20(27)25-24-19(26)12-17(23-21(22)28)16-9-5-4-6-10-16/h4-11,15,17H,12H2,1-3H3,(H,24,26)(H,25,27)(H3,22,23,28). The molecule has 2 rings (SSSR count). The molecular formula is C21H26N4O4. The molecule has 2 aromatic carbocycles. The normalized spacial score (nSPS) is 12.4. The number of hydrogen-bond donors (Lipinski definition) is 4. The highest BCUT2D eigenvalue weighted by atomic mass is 16.5. The van der Waals surface area contributed by atoms with E-state index in [1.165, 1.54) is 0 Å². The molecule has 2 unspecified atom stereocenters. The number of carbonyl (C=O) groups excluding carboxylic acids is 3. The number of urea groups is 1. The minimum atomic E-state index is -0.815. The number of hydrogen-bond acceptors (Lipinski definition) is 4. The van der Waals surface area contributed by atoms with Gasteiger partial charge in [-0.3, -0.25) is 20.4 Å². The lowest BCUT2D eigenvalue weighted by Crippen LogP contribution is -2.48. The molecule has 0 radical (unpaired) electrons. The second kappa shape index (κ2) is 10.1. The van der Waals surface area contributed by atoms with E-state index in [1.807, 2.05) is 32.0 Å². The Morgan fingerprint density at radius 2 is 1.69 bits per heavy atom. The van der Waals surface area contributed by atoms with Crippen molar-refractivity contribution in [1.29, 1.82) is 0 Å². The first-order valence-electron chi connectivity index (χ1n) is 9.20. The highest BCUT2D eigenvalue weighted by Gasteiger charge is 2.20. The third kappa shape index (κ3) is 6.53. The zero-order valence-corrected chi connectivity index (χ0v) is 16.7. The fourth-order valence-electron chi connectivity index (χ4n) is 2.67. The van der Waals surface area contributed by atoms with Gasteiger partial charge in [0.2, 0.25) is 5.91 Å². The quantitative estimate of drug-likeness (QED) is 0.533. The summed E-state index contributed by atoms with van der Waals surface area (Å²) in [6.45, 7) is 5.45. The number of aryl methyl sites for hydroxylation is 1. The summed E-state index contributed by atoms with van der Waals surface area (Å²) >= 11 is 0. The zero-order valence-electron chi connectivity index (χ0n) is 16.7. The maximum Gasteiger partial charge on any atom is 0.312 e. The predicted octanol–water partition coefficient (Wildman–Crippen LogP) is 2.02. The summed E-state index contributed by atoms with van der Waals surface area (Å²) in [6, 6.07) is 13.2. The molecule has 0 aliphatic heterocycles. The van der Waals surface area contributed by atoms with Crippen LogP contribution in [-0.2, 0) is 9.59 Å². The van der Waals surface area contributed by atoms with Crippen LogP contribution in [0.25, 0.3) is 0 Å². The summed E-state index contributed by atoms with van der Waals surface area (Å²) < 4.78 is 5.69. The molecule has 0 aliphatic rings. The van der Waals surface area contributed by atoms with Crippen molar-refractivity contribution in [2.45, 2.75) is 39.3 Å². The predicted molar refractivity (Wildman–Crippen MR) is 109 cm³/mol. The van der Waals surface area contributed by atoms with Gasteiger partial charge in [-0.25, -0.2) is 4.79 Å². The van der Waals surface area contributed by atoms with Gasteiger partial charge in [-0.2, -0.15) is 0 Å². The lowest BCUT2D eigenvalue weighted by atomic mass is 10.0. The van der Waals surface area contributed by atoms with E-state index >= 15 is 0 Å². The maximum absolute atomic E-state index is 12.2. The van der Waals surface area contributed by atoms with Gasteiger partial charge in [-0.1, -0.05) is 42.5 Å². The van der Waals surface area contributed by atoms with Crippen LogP contribution in [0.2, 0.25) is 0 Å². The fourth-order valence-corrected chi connectivity index (χ4v) is 2.67. The molecule has 0 saturated carbocycles. The van der Waals surface area contributed by atoms with Gasteiger partial charge < -0.3 is 15.8 Å². The molecule has 8 heteroatoms. The Morgan fingerprint density at radius 1 is 1.00 bits per heavy atom. The van der Waals surface area contributed by atoms with Crippen LogP contribution in [0.15, 0.2) is 48.5 Å². The number of nitrogens with one attached hydrogen (secondary N) is 3. The number of amides is 4. The van der Waals surface area contributed by atoms with Gasteiger partial charge in [0, 0.05) is 0 Å². The van der Waals surface area contributed by atoms with Gasteiger partial charge in [0.05, 0.1) is 12.5 Å². The van der Waals surface area contributed by atoms with E-state index in [0.717, 1.165) is 16.7 Å². The van der Waals surface area contributed by atoms with Crippen molar-refractivity contribution in [3.05, 3.63) is 65.2 Å². The summed E-state index contributed by atoms with van der Waals surface area (Å²) in [6.07, 6.45) is -0.913. The number of primary amides is 1. The number of hydrazine groups is 1. The van der Waals surface area contributed by atoms with E-state index in [1.54, 1.807) is 37.3 Å². The molecule has 0 aliphatic carbocycles. The van der Waals surface area contributed by atoms with Gasteiger partial charge in [0.15, 0.2) is 6.10 Å². The highest BCUT2D eigenvalue weighted by molar-refractivity contribution is 5.85. The Labute approximate surface area is 169 Å². The lowest BCUT2D eigenvalue weighted by molar-refractivity contribution is -0.132. The van der Waals surface area contributed by atoms with E-state index in [2.05, 4.69) is 16.2 Å². The van der Waals surface area contributed by atoms with Gasteiger partial charge in [0.1, 0.15) is 5.75 Å². The molecule has 0 fully saturated rings. The summed E-state index contributed by atoms with van der Waals surface area (Å²) in [5.41, 5.74) is 12.6. The number of carbonyl (C=O) groups is 3. The minimum Gasteiger partial charge on any atom is -0.481 e.